The first-order valence-electron chi connectivity index (χ1n) is 4.46. The van der Waals surface area contributed by atoms with Gasteiger partial charge in [-0.3, -0.25) is 0 Å². The molecule has 0 aliphatic heterocycles. The lowest BCUT2D eigenvalue weighted by molar-refractivity contribution is -0.143. The molecule has 0 heterocycles. The Labute approximate surface area is 92.7 Å². The summed E-state index contributed by atoms with van der Waals surface area (Å²) < 4.78 is 74.5. The van der Waals surface area contributed by atoms with Gasteiger partial charge in [0.1, 0.15) is 0 Å². The third-order valence-corrected chi connectivity index (χ3v) is 2.32. The van der Waals surface area contributed by atoms with E-state index in [4.69, 9.17) is 5.11 Å². The lowest BCUT2D eigenvalue weighted by atomic mass is 9.98. The molecule has 17 heavy (non-hydrogen) atoms. The fraction of sp³-hybridized carbons (Fsp3) is 0.400. The van der Waals surface area contributed by atoms with Crippen LogP contribution in [0, 0.1) is 6.92 Å². The highest BCUT2D eigenvalue weighted by atomic mass is 19.4. The van der Waals surface area contributed by atoms with Crippen molar-refractivity contribution >= 4 is 0 Å². The van der Waals surface area contributed by atoms with E-state index in [1.807, 2.05) is 0 Å². The maximum Gasteiger partial charge on any atom is 0.416 e. The quantitative estimate of drug-likeness (QED) is 0.764. The average Bonchev–Trinajstić information content (AvgIpc) is 2.14. The van der Waals surface area contributed by atoms with Crippen LogP contribution in [-0.2, 0) is 19.0 Å². The highest BCUT2D eigenvalue weighted by Gasteiger charge is 2.38. The molecule has 0 fully saturated rings. The van der Waals surface area contributed by atoms with Crippen molar-refractivity contribution in [2.45, 2.75) is 25.9 Å². The number of benzene rings is 1. The van der Waals surface area contributed by atoms with Crippen LogP contribution in [0.5, 0.6) is 0 Å². The predicted molar refractivity (Wildman–Crippen MR) is 47.1 cm³/mol. The van der Waals surface area contributed by atoms with Crippen molar-refractivity contribution in [3.63, 3.8) is 0 Å². The Morgan fingerprint density at radius 3 is 1.88 bits per heavy atom. The zero-order chi connectivity index (χ0) is 13.4. The molecule has 0 unspecified atom stereocenters. The van der Waals surface area contributed by atoms with Crippen molar-refractivity contribution in [3.8, 4) is 0 Å². The van der Waals surface area contributed by atoms with Gasteiger partial charge in [0.15, 0.2) is 0 Å². The van der Waals surface area contributed by atoms with Crippen molar-refractivity contribution in [1.29, 1.82) is 0 Å². The van der Waals surface area contributed by atoms with Crippen LogP contribution in [0.1, 0.15) is 22.3 Å². The molecule has 0 radical (unpaired) electrons. The summed E-state index contributed by atoms with van der Waals surface area (Å²) in [7, 11) is 0. The Morgan fingerprint density at radius 1 is 1.00 bits per heavy atom. The molecule has 0 atom stereocenters. The van der Waals surface area contributed by atoms with E-state index in [-0.39, 0.29) is 11.6 Å². The summed E-state index contributed by atoms with van der Waals surface area (Å²) in [5, 5.41) is 8.76. The van der Waals surface area contributed by atoms with Crippen LogP contribution in [0.15, 0.2) is 12.1 Å². The van der Waals surface area contributed by atoms with Crippen molar-refractivity contribution in [2.75, 3.05) is 0 Å². The second-order valence-electron chi connectivity index (χ2n) is 3.46. The van der Waals surface area contributed by atoms with Crippen molar-refractivity contribution < 1.29 is 31.4 Å². The smallest absolute Gasteiger partial charge is 0.392 e. The standard InChI is InChI=1S/C10H8F6O/c1-5-6(4-17)2-7(9(11,12)13)3-8(5)10(14,15)16/h2-3,17H,4H2,1H3. The van der Waals surface area contributed by atoms with E-state index < -0.39 is 35.6 Å². The molecule has 7 heteroatoms. The monoisotopic (exact) mass is 258 g/mol. The Morgan fingerprint density at radius 2 is 1.53 bits per heavy atom. The molecule has 96 valence electrons. The van der Waals surface area contributed by atoms with Gasteiger partial charge in [-0.1, -0.05) is 0 Å². The van der Waals surface area contributed by atoms with E-state index in [1.54, 1.807) is 0 Å². The summed E-state index contributed by atoms with van der Waals surface area (Å²) in [5.74, 6) is 0. The zero-order valence-corrected chi connectivity index (χ0v) is 8.58. The fourth-order valence-electron chi connectivity index (χ4n) is 1.40. The number of hydrogen-bond donors (Lipinski definition) is 1. The van der Waals surface area contributed by atoms with Gasteiger partial charge in [-0.15, -0.1) is 0 Å². The first kappa shape index (κ1) is 13.8. The van der Waals surface area contributed by atoms with Crippen LogP contribution in [0.2, 0.25) is 0 Å². The zero-order valence-electron chi connectivity index (χ0n) is 8.58. The molecule has 1 N–H and O–H groups in total. The number of alkyl halides is 6. The average molecular weight is 258 g/mol. The van der Waals surface area contributed by atoms with E-state index >= 15 is 0 Å². The van der Waals surface area contributed by atoms with E-state index in [9.17, 15) is 26.3 Å². The third kappa shape index (κ3) is 2.91. The molecule has 0 saturated carbocycles. The van der Waals surface area contributed by atoms with Crippen molar-refractivity contribution in [3.05, 3.63) is 34.4 Å². The number of rotatable bonds is 1. The van der Waals surface area contributed by atoms with Crippen LogP contribution in [0.4, 0.5) is 26.3 Å². The minimum Gasteiger partial charge on any atom is -0.392 e. The van der Waals surface area contributed by atoms with Gasteiger partial charge >= 0.3 is 12.4 Å². The van der Waals surface area contributed by atoms with E-state index in [0.29, 0.717) is 6.07 Å². The summed E-state index contributed by atoms with van der Waals surface area (Å²) >= 11 is 0. The fourth-order valence-corrected chi connectivity index (χ4v) is 1.40. The Kier molecular flexibility index (Phi) is 3.42. The minimum absolute atomic E-state index is 0.0501. The highest BCUT2D eigenvalue weighted by Crippen LogP contribution is 2.38. The molecule has 1 nitrogen and oxygen atoms in total. The molecule has 1 rings (SSSR count). The van der Waals surface area contributed by atoms with Crippen molar-refractivity contribution in [1.82, 2.24) is 0 Å². The number of aliphatic hydroxyl groups excluding tert-OH is 1. The van der Waals surface area contributed by atoms with Gasteiger partial charge < -0.3 is 5.11 Å². The normalized spacial score (nSPS) is 12.9. The van der Waals surface area contributed by atoms with Gasteiger partial charge in [-0.05, 0) is 30.2 Å². The maximum absolute atomic E-state index is 12.5. The van der Waals surface area contributed by atoms with Gasteiger partial charge in [0.2, 0.25) is 0 Å². The molecular weight excluding hydrogens is 250 g/mol. The molecule has 0 bridgehead atoms. The number of halogens is 6. The Hall–Kier alpha value is -1.24. The summed E-state index contributed by atoms with van der Waals surface area (Å²) in [6.07, 6.45) is -9.76. The summed E-state index contributed by atoms with van der Waals surface area (Å²) in [4.78, 5) is 0. The second kappa shape index (κ2) is 4.21. The molecule has 0 aliphatic rings. The van der Waals surface area contributed by atoms with Crippen LogP contribution in [0.3, 0.4) is 0 Å². The van der Waals surface area contributed by atoms with Crippen LogP contribution < -0.4 is 0 Å². The SMILES string of the molecule is Cc1c(CO)cc(C(F)(F)F)cc1C(F)(F)F. The van der Waals surface area contributed by atoms with E-state index in [1.165, 1.54) is 0 Å². The van der Waals surface area contributed by atoms with Gasteiger partial charge in [0, 0.05) is 0 Å². The highest BCUT2D eigenvalue weighted by molar-refractivity contribution is 5.40. The van der Waals surface area contributed by atoms with Crippen molar-refractivity contribution in [2.24, 2.45) is 0 Å². The molecule has 0 amide bonds. The van der Waals surface area contributed by atoms with Crippen LogP contribution in [0.25, 0.3) is 0 Å². The lowest BCUT2D eigenvalue weighted by Gasteiger charge is -2.16. The van der Waals surface area contributed by atoms with Crippen LogP contribution >= 0.6 is 0 Å². The summed E-state index contributed by atoms with van der Waals surface area (Å²) in [6.45, 7) is 0.146. The molecule has 0 aliphatic carbocycles. The Balaban J connectivity index is 3.50. The van der Waals surface area contributed by atoms with Crippen LogP contribution in [-0.4, -0.2) is 5.11 Å². The molecule has 1 aromatic rings. The molecular formula is C10H8F6O. The third-order valence-electron chi connectivity index (χ3n) is 2.32. The summed E-state index contributed by atoms with van der Waals surface area (Å²) in [5.41, 5.74) is -3.57. The molecule has 0 saturated heterocycles. The molecule has 1 aromatic carbocycles. The van der Waals surface area contributed by atoms with Gasteiger partial charge in [0.25, 0.3) is 0 Å². The van der Waals surface area contributed by atoms with E-state index in [0.717, 1.165) is 6.92 Å². The van der Waals surface area contributed by atoms with E-state index in [2.05, 4.69) is 0 Å². The first-order valence-corrected chi connectivity index (χ1v) is 4.46. The Bertz CT molecular complexity index is 418. The topological polar surface area (TPSA) is 20.2 Å². The number of aliphatic hydroxyl groups is 1. The molecule has 0 spiro atoms. The second-order valence-corrected chi connectivity index (χ2v) is 3.46. The largest absolute Gasteiger partial charge is 0.416 e. The predicted octanol–water partition coefficient (Wildman–Crippen LogP) is 3.52. The van der Waals surface area contributed by atoms with Gasteiger partial charge in [-0.25, -0.2) is 0 Å². The van der Waals surface area contributed by atoms with Gasteiger partial charge in [0.05, 0.1) is 17.7 Å². The molecule has 0 aromatic heterocycles. The minimum atomic E-state index is -4.88. The maximum atomic E-state index is 12.5. The summed E-state index contributed by atoms with van der Waals surface area (Å²) in [6, 6.07) is 0.569. The first-order chi connectivity index (χ1) is 7.57. The van der Waals surface area contributed by atoms with Gasteiger partial charge in [-0.2, -0.15) is 26.3 Å². The lowest BCUT2D eigenvalue weighted by Crippen LogP contribution is -2.14. The number of hydrogen-bond acceptors (Lipinski definition) is 1.